The Bertz CT molecular complexity index is 530. The van der Waals surface area contributed by atoms with Crippen molar-refractivity contribution in [1.29, 1.82) is 0 Å². The van der Waals surface area contributed by atoms with Gasteiger partial charge in [-0.15, -0.1) is 0 Å². The Morgan fingerprint density at radius 3 is 2.62 bits per heavy atom. The van der Waals surface area contributed by atoms with E-state index in [1.165, 1.54) is 32.2 Å². The number of ether oxygens (including phenoxy) is 2. The molecule has 0 spiro atoms. The molecule has 1 rings (SSSR count). The van der Waals surface area contributed by atoms with Gasteiger partial charge in [-0.05, 0) is 18.2 Å². The van der Waals surface area contributed by atoms with Crippen molar-refractivity contribution in [3.63, 3.8) is 0 Å². The van der Waals surface area contributed by atoms with Gasteiger partial charge >= 0.3 is 5.97 Å². The Labute approximate surface area is 122 Å². The van der Waals surface area contributed by atoms with Crippen molar-refractivity contribution in [2.24, 2.45) is 0 Å². The summed E-state index contributed by atoms with van der Waals surface area (Å²) in [7, 11) is 4.29. The number of rotatable bonds is 6. The number of hydrogen-bond donors (Lipinski definition) is 1. The summed E-state index contributed by atoms with van der Waals surface area (Å²) < 4.78 is 9.91. The third-order valence-electron chi connectivity index (χ3n) is 2.70. The van der Waals surface area contributed by atoms with Crippen LogP contribution in [0.15, 0.2) is 24.3 Å². The van der Waals surface area contributed by atoms with E-state index in [2.05, 4.69) is 10.1 Å². The molecule has 0 aliphatic heterocycles. The Kier molecular flexibility index (Phi) is 6.19. The van der Waals surface area contributed by atoms with E-state index < -0.39 is 5.97 Å². The number of benzene rings is 1. The second-order valence-corrected chi connectivity index (χ2v) is 4.23. The van der Waals surface area contributed by atoms with Crippen LogP contribution in [0.1, 0.15) is 10.4 Å². The van der Waals surface area contributed by atoms with Gasteiger partial charge in [0.1, 0.15) is 5.75 Å². The molecule has 0 saturated carbocycles. The summed E-state index contributed by atoms with van der Waals surface area (Å²) in [5.41, 5.74) is 0.334. The number of esters is 1. The van der Waals surface area contributed by atoms with Crippen molar-refractivity contribution in [2.45, 2.75) is 0 Å². The van der Waals surface area contributed by atoms with Crippen molar-refractivity contribution in [2.75, 3.05) is 34.4 Å². The quantitative estimate of drug-likeness (QED) is 0.750. The third-order valence-corrected chi connectivity index (χ3v) is 2.70. The van der Waals surface area contributed by atoms with E-state index in [1.54, 1.807) is 18.2 Å². The van der Waals surface area contributed by atoms with Gasteiger partial charge in [-0.3, -0.25) is 9.59 Å². The maximum atomic E-state index is 11.8. The molecule has 1 aromatic rings. The fourth-order valence-electron chi connectivity index (χ4n) is 1.47. The Balaban J connectivity index is 2.57. The van der Waals surface area contributed by atoms with Crippen molar-refractivity contribution < 1.29 is 23.9 Å². The first kappa shape index (κ1) is 16.5. The van der Waals surface area contributed by atoms with E-state index in [9.17, 15) is 14.4 Å². The molecule has 0 aromatic heterocycles. The SMILES string of the molecule is CNC(=O)CN(C)C(=O)COc1cccc(C(=O)OC)c1. The van der Waals surface area contributed by atoms with Gasteiger partial charge in [0.05, 0.1) is 19.2 Å². The van der Waals surface area contributed by atoms with Crippen LogP contribution in [0.25, 0.3) is 0 Å². The highest BCUT2D eigenvalue weighted by Gasteiger charge is 2.13. The fraction of sp³-hybridized carbons (Fsp3) is 0.357. The first-order valence-corrected chi connectivity index (χ1v) is 6.23. The van der Waals surface area contributed by atoms with Crippen LogP contribution in [-0.4, -0.2) is 57.0 Å². The normalized spacial score (nSPS) is 9.67. The number of likely N-dealkylation sites (N-methyl/N-ethyl adjacent to an activating group) is 2. The molecule has 0 bridgehead atoms. The lowest BCUT2D eigenvalue weighted by molar-refractivity contribution is -0.136. The van der Waals surface area contributed by atoms with Crippen LogP contribution >= 0.6 is 0 Å². The summed E-state index contributed by atoms with van der Waals surface area (Å²) in [6.07, 6.45) is 0. The van der Waals surface area contributed by atoms with E-state index in [0.717, 1.165) is 0 Å². The zero-order valence-corrected chi connectivity index (χ0v) is 12.2. The van der Waals surface area contributed by atoms with E-state index >= 15 is 0 Å². The van der Waals surface area contributed by atoms with Crippen LogP contribution < -0.4 is 10.1 Å². The molecule has 7 nitrogen and oxygen atoms in total. The molecular formula is C14H18N2O5. The lowest BCUT2D eigenvalue weighted by atomic mass is 10.2. The maximum Gasteiger partial charge on any atom is 0.337 e. The van der Waals surface area contributed by atoms with E-state index in [4.69, 9.17) is 4.74 Å². The van der Waals surface area contributed by atoms with Gasteiger partial charge in [-0.25, -0.2) is 4.79 Å². The number of carbonyl (C=O) groups is 3. The number of hydrogen-bond acceptors (Lipinski definition) is 5. The van der Waals surface area contributed by atoms with Crippen LogP contribution in [0.2, 0.25) is 0 Å². The van der Waals surface area contributed by atoms with Crippen LogP contribution in [0.3, 0.4) is 0 Å². The molecule has 0 saturated heterocycles. The molecule has 1 N–H and O–H groups in total. The predicted octanol–water partition coefficient (Wildman–Crippen LogP) is 0.0564. The molecule has 114 valence electrons. The van der Waals surface area contributed by atoms with Gasteiger partial charge in [0.25, 0.3) is 5.91 Å². The molecule has 0 atom stereocenters. The van der Waals surface area contributed by atoms with Gasteiger partial charge in [0, 0.05) is 14.1 Å². The van der Waals surface area contributed by atoms with Crippen molar-refractivity contribution >= 4 is 17.8 Å². The third kappa shape index (κ3) is 5.13. The fourth-order valence-corrected chi connectivity index (χ4v) is 1.47. The minimum atomic E-state index is -0.483. The largest absolute Gasteiger partial charge is 0.484 e. The number of nitrogens with zero attached hydrogens (tertiary/aromatic N) is 1. The van der Waals surface area contributed by atoms with Crippen LogP contribution in [-0.2, 0) is 14.3 Å². The summed E-state index contributed by atoms with van der Waals surface area (Å²) >= 11 is 0. The first-order valence-electron chi connectivity index (χ1n) is 6.23. The van der Waals surface area contributed by atoms with Crippen LogP contribution in [0, 0.1) is 0 Å². The lowest BCUT2D eigenvalue weighted by Crippen LogP contribution is -2.39. The summed E-state index contributed by atoms with van der Waals surface area (Å²) in [5, 5.41) is 2.43. The van der Waals surface area contributed by atoms with Crippen LogP contribution in [0.5, 0.6) is 5.75 Å². The molecule has 0 radical (unpaired) electrons. The molecule has 0 fully saturated rings. The zero-order chi connectivity index (χ0) is 15.8. The number of carbonyl (C=O) groups excluding carboxylic acids is 3. The topological polar surface area (TPSA) is 84.9 Å². The molecule has 0 aliphatic rings. The highest BCUT2D eigenvalue weighted by molar-refractivity contribution is 5.89. The van der Waals surface area contributed by atoms with E-state index in [0.29, 0.717) is 11.3 Å². The van der Waals surface area contributed by atoms with Gasteiger partial charge < -0.3 is 19.7 Å². The molecule has 2 amide bonds. The molecule has 1 aromatic carbocycles. The van der Waals surface area contributed by atoms with Crippen molar-refractivity contribution in [3.8, 4) is 5.75 Å². The molecular weight excluding hydrogens is 276 g/mol. The highest BCUT2D eigenvalue weighted by atomic mass is 16.5. The zero-order valence-electron chi connectivity index (χ0n) is 12.2. The summed E-state index contributed by atoms with van der Waals surface area (Å²) in [6, 6.07) is 6.31. The molecule has 7 heteroatoms. The Hall–Kier alpha value is -2.57. The number of amides is 2. The van der Waals surface area contributed by atoms with Crippen molar-refractivity contribution in [3.05, 3.63) is 29.8 Å². The maximum absolute atomic E-state index is 11.8. The van der Waals surface area contributed by atoms with Gasteiger partial charge in [-0.2, -0.15) is 0 Å². The monoisotopic (exact) mass is 294 g/mol. The molecule has 0 heterocycles. The predicted molar refractivity (Wildman–Crippen MR) is 75.0 cm³/mol. The summed E-state index contributed by atoms with van der Waals surface area (Å²) in [4.78, 5) is 35.6. The summed E-state index contributed by atoms with van der Waals surface area (Å²) in [6.45, 7) is -0.265. The van der Waals surface area contributed by atoms with E-state index in [1.807, 2.05) is 0 Å². The Morgan fingerprint density at radius 2 is 2.00 bits per heavy atom. The molecule has 0 aliphatic carbocycles. The second kappa shape index (κ2) is 7.88. The highest BCUT2D eigenvalue weighted by Crippen LogP contribution is 2.14. The minimum absolute atomic E-state index is 0.0408. The smallest absolute Gasteiger partial charge is 0.337 e. The van der Waals surface area contributed by atoms with Gasteiger partial charge in [0.15, 0.2) is 6.61 Å². The average Bonchev–Trinajstić information content (AvgIpc) is 2.51. The van der Waals surface area contributed by atoms with Crippen LogP contribution in [0.4, 0.5) is 0 Å². The molecule has 0 unspecified atom stereocenters. The van der Waals surface area contributed by atoms with Gasteiger partial charge in [-0.1, -0.05) is 6.07 Å². The Morgan fingerprint density at radius 1 is 1.29 bits per heavy atom. The standard InChI is InChI=1S/C14H18N2O5/c1-15-12(17)8-16(2)13(18)9-21-11-6-4-5-10(7-11)14(19)20-3/h4-7H,8-9H2,1-3H3,(H,15,17). The molecule has 21 heavy (non-hydrogen) atoms. The minimum Gasteiger partial charge on any atom is -0.484 e. The first-order chi connectivity index (χ1) is 9.97. The number of methoxy groups -OCH3 is 1. The second-order valence-electron chi connectivity index (χ2n) is 4.23. The summed E-state index contributed by atoms with van der Waals surface area (Å²) in [5.74, 6) is -0.719. The van der Waals surface area contributed by atoms with E-state index in [-0.39, 0.29) is 25.0 Å². The lowest BCUT2D eigenvalue weighted by Gasteiger charge is -2.16. The average molecular weight is 294 g/mol. The number of nitrogens with one attached hydrogen (secondary N) is 1. The van der Waals surface area contributed by atoms with Gasteiger partial charge in [0.2, 0.25) is 5.91 Å². The van der Waals surface area contributed by atoms with Crippen molar-refractivity contribution in [1.82, 2.24) is 10.2 Å².